The predicted octanol–water partition coefficient (Wildman–Crippen LogP) is 4.28. The minimum atomic E-state index is 0.333. The van der Waals surface area contributed by atoms with E-state index in [0.29, 0.717) is 11.6 Å². The molecule has 5 heteroatoms. The zero-order chi connectivity index (χ0) is 15.4. The van der Waals surface area contributed by atoms with Crippen molar-refractivity contribution in [1.82, 2.24) is 14.8 Å². The second-order valence-corrected chi connectivity index (χ2v) is 4.96. The van der Waals surface area contributed by atoms with Crippen molar-refractivity contribution < 1.29 is 0 Å². The lowest BCUT2D eigenvalue weighted by atomic mass is 10.0. The zero-order valence-corrected chi connectivity index (χ0v) is 12.3. The highest BCUT2D eigenvalue weighted by Gasteiger charge is 2.20. The Kier molecular flexibility index (Phi) is 4.05. The number of pyridine rings is 1. The van der Waals surface area contributed by atoms with Gasteiger partial charge < -0.3 is 0 Å². The first-order valence-corrected chi connectivity index (χ1v) is 7.27. The van der Waals surface area contributed by atoms with Crippen molar-refractivity contribution >= 4 is 5.82 Å². The van der Waals surface area contributed by atoms with Crippen molar-refractivity contribution in [2.45, 2.75) is 19.8 Å². The van der Waals surface area contributed by atoms with Crippen molar-refractivity contribution in [1.29, 1.82) is 0 Å². The lowest BCUT2D eigenvalue weighted by molar-refractivity contribution is 0.847. The van der Waals surface area contributed by atoms with E-state index in [-0.39, 0.29) is 0 Å². The van der Waals surface area contributed by atoms with Crippen LogP contribution in [-0.2, 0) is 6.42 Å². The Bertz CT molecular complexity index is 766. The molecule has 0 bridgehead atoms. The van der Waals surface area contributed by atoms with Gasteiger partial charge in [0.25, 0.3) is 0 Å². The van der Waals surface area contributed by atoms with Gasteiger partial charge in [-0.2, -0.15) is 9.78 Å². The van der Waals surface area contributed by atoms with Crippen LogP contribution in [0.3, 0.4) is 0 Å². The molecule has 2 heterocycles. The molecule has 0 fully saturated rings. The molecule has 0 amide bonds. The molecule has 110 valence electrons. The standard InChI is InChI=1S/C17H16N4O/c1-2-8-14-16(13-9-4-3-5-10-13)19-21(17(14)20-22)15-11-6-7-12-18-15/h3-7,9-12H,2,8H2,1H3. The molecular formula is C17H16N4O. The summed E-state index contributed by atoms with van der Waals surface area (Å²) < 4.78 is 1.53. The zero-order valence-electron chi connectivity index (χ0n) is 12.3. The Balaban J connectivity index is 2.22. The first kappa shape index (κ1) is 14.1. The summed E-state index contributed by atoms with van der Waals surface area (Å²) in [5.74, 6) is 0.927. The highest BCUT2D eigenvalue weighted by Crippen LogP contribution is 2.33. The van der Waals surface area contributed by atoms with E-state index in [1.165, 1.54) is 4.68 Å². The molecule has 1 aromatic carbocycles. The normalized spacial score (nSPS) is 10.6. The molecule has 0 saturated heterocycles. The third-order valence-electron chi connectivity index (χ3n) is 3.46. The van der Waals surface area contributed by atoms with Gasteiger partial charge >= 0.3 is 0 Å². The lowest BCUT2D eigenvalue weighted by Gasteiger charge is -2.01. The SMILES string of the molecule is CCCc1c(-c2ccccc2)nn(-c2ccccn2)c1N=O. The molecule has 0 spiro atoms. The van der Waals surface area contributed by atoms with Gasteiger partial charge in [0.2, 0.25) is 5.82 Å². The molecule has 3 aromatic rings. The number of nitrogens with zero attached hydrogens (tertiary/aromatic N) is 4. The largest absolute Gasteiger partial charge is 0.237 e. The molecule has 5 nitrogen and oxygen atoms in total. The van der Waals surface area contributed by atoms with Gasteiger partial charge in [0.1, 0.15) is 0 Å². The molecule has 0 N–H and O–H groups in total. The van der Waals surface area contributed by atoms with Crippen LogP contribution in [0.4, 0.5) is 5.82 Å². The fourth-order valence-electron chi connectivity index (χ4n) is 2.48. The molecule has 0 aliphatic carbocycles. The van der Waals surface area contributed by atoms with E-state index >= 15 is 0 Å². The average molecular weight is 292 g/mol. The highest BCUT2D eigenvalue weighted by molar-refractivity contribution is 5.69. The molecule has 0 atom stereocenters. The third-order valence-corrected chi connectivity index (χ3v) is 3.46. The number of nitroso groups, excluding NO2 is 1. The van der Waals surface area contributed by atoms with Gasteiger partial charge in [-0.15, -0.1) is 4.91 Å². The molecule has 0 aliphatic heterocycles. The molecule has 0 unspecified atom stereocenters. The minimum absolute atomic E-state index is 0.333. The molecule has 22 heavy (non-hydrogen) atoms. The predicted molar refractivity (Wildman–Crippen MR) is 86.2 cm³/mol. The molecule has 0 saturated carbocycles. The average Bonchev–Trinajstić information content (AvgIpc) is 2.95. The van der Waals surface area contributed by atoms with Gasteiger partial charge in [-0.3, -0.25) is 0 Å². The highest BCUT2D eigenvalue weighted by atomic mass is 16.3. The lowest BCUT2D eigenvalue weighted by Crippen LogP contribution is -1.98. The van der Waals surface area contributed by atoms with E-state index in [2.05, 4.69) is 22.2 Å². The van der Waals surface area contributed by atoms with Crippen LogP contribution in [0.2, 0.25) is 0 Å². The van der Waals surface area contributed by atoms with Gasteiger partial charge in [0, 0.05) is 17.3 Å². The van der Waals surface area contributed by atoms with E-state index in [9.17, 15) is 4.91 Å². The molecule has 0 radical (unpaired) electrons. The quantitative estimate of drug-likeness (QED) is 0.659. The topological polar surface area (TPSA) is 60.1 Å². The first-order chi connectivity index (χ1) is 10.8. The summed E-state index contributed by atoms with van der Waals surface area (Å²) in [6.07, 6.45) is 3.34. The number of benzene rings is 1. The maximum absolute atomic E-state index is 11.4. The summed E-state index contributed by atoms with van der Waals surface area (Å²) in [4.78, 5) is 15.7. The molecule has 2 aromatic heterocycles. The molecule has 0 aliphatic rings. The van der Waals surface area contributed by atoms with Crippen LogP contribution in [0.25, 0.3) is 17.1 Å². The smallest absolute Gasteiger partial charge is 0.205 e. The van der Waals surface area contributed by atoms with Crippen LogP contribution < -0.4 is 0 Å². The van der Waals surface area contributed by atoms with Crippen molar-refractivity contribution in [2.24, 2.45) is 5.18 Å². The van der Waals surface area contributed by atoms with Gasteiger partial charge in [0.05, 0.1) is 5.69 Å². The van der Waals surface area contributed by atoms with Crippen molar-refractivity contribution in [3.63, 3.8) is 0 Å². The van der Waals surface area contributed by atoms with Crippen LogP contribution in [0, 0.1) is 4.91 Å². The van der Waals surface area contributed by atoms with Crippen LogP contribution in [0.1, 0.15) is 18.9 Å². The molecule has 3 rings (SSSR count). The van der Waals surface area contributed by atoms with Crippen molar-refractivity contribution in [2.75, 3.05) is 0 Å². The second kappa shape index (κ2) is 6.30. The summed E-state index contributed by atoms with van der Waals surface area (Å²) in [5.41, 5.74) is 2.64. The number of hydrogen-bond donors (Lipinski definition) is 0. The Labute approximate surface area is 128 Å². The van der Waals surface area contributed by atoms with E-state index in [1.807, 2.05) is 48.5 Å². The summed E-state index contributed by atoms with van der Waals surface area (Å²) in [6.45, 7) is 2.07. The summed E-state index contributed by atoms with van der Waals surface area (Å²) >= 11 is 0. The van der Waals surface area contributed by atoms with E-state index in [4.69, 9.17) is 0 Å². The van der Waals surface area contributed by atoms with E-state index in [1.54, 1.807) is 6.20 Å². The van der Waals surface area contributed by atoms with Gasteiger partial charge in [0.15, 0.2) is 5.82 Å². The van der Waals surface area contributed by atoms with Gasteiger partial charge in [-0.05, 0) is 23.7 Å². The molecular weight excluding hydrogens is 276 g/mol. The first-order valence-electron chi connectivity index (χ1n) is 7.27. The van der Waals surface area contributed by atoms with E-state index < -0.39 is 0 Å². The maximum Gasteiger partial charge on any atom is 0.205 e. The van der Waals surface area contributed by atoms with Crippen LogP contribution in [0.5, 0.6) is 0 Å². The second-order valence-electron chi connectivity index (χ2n) is 4.96. The summed E-state index contributed by atoms with van der Waals surface area (Å²) in [6, 6.07) is 15.3. The van der Waals surface area contributed by atoms with Crippen molar-refractivity contribution in [3.8, 4) is 17.1 Å². The van der Waals surface area contributed by atoms with Crippen LogP contribution in [-0.4, -0.2) is 14.8 Å². The van der Waals surface area contributed by atoms with Crippen LogP contribution in [0.15, 0.2) is 59.9 Å². The monoisotopic (exact) mass is 292 g/mol. The fourth-order valence-corrected chi connectivity index (χ4v) is 2.48. The minimum Gasteiger partial charge on any atom is -0.237 e. The number of rotatable bonds is 5. The van der Waals surface area contributed by atoms with Gasteiger partial charge in [-0.1, -0.05) is 49.7 Å². The van der Waals surface area contributed by atoms with Gasteiger partial charge in [-0.25, -0.2) is 4.98 Å². The Morgan fingerprint density at radius 2 is 1.86 bits per heavy atom. The maximum atomic E-state index is 11.4. The fraction of sp³-hybridized carbons (Fsp3) is 0.176. The Morgan fingerprint density at radius 1 is 1.09 bits per heavy atom. The van der Waals surface area contributed by atoms with E-state index in [0.717, 1.165) is 29.7 Å². The summed E-state index contributed by atoms with van der Waals surface area (Å²) in [5, 5.41) is 7.82. The number of aromatic nitrogens is 3. The third kappa shape index (κ3) is 2.53. The Hall–Kier alpha value is -2.82. The van der Waals surface area contributed by atoms with Crippen LogP contribution >= 0.6 is 0 Å². The summed E-state index contributed by atoms with van der Waals surface area (Å²) in [7, 11) is 0. The van der Waals surface area contributed by atoms with Crippen molar-refractivity contribution in [3.05, 3.63) is 65.2 Å². The Morgan fingerprint density at radius 3 is 2.50 bits per heavy atom. The number of hydrogen-bond acceptors (Lipinski definition) is 4.